The molecule has 0 saturated carbocycles. The number of rotatable bonds is 8. The van der Waals surface area contributed by atoms with Crippen LogP contribution in [0.25, 0.3) is 0 Å². The molecule has 0 heterocycles. The van der Waals surface area contributed by atoms with Crippen LogP contribution >= 0.6 is 8.58 Å². The van der Waals surface area contributed by atoms with Crippen molar-refractivity contribution in [3.05, 3.63) is 89.5 Å². The van der Waals surface area contributed by atoms with Crippen LogP contribution in [0.15, 0.2) is 77.8 Å². The minimum Gasteiger partial charge on any atom is -0.488 e. The van der Waals surface area contributed by atoms with Crippen molar-refractivity contribution in [2.45, 2.75) is 32.3 Å². The van der Waals surface area contributed by atoms with E-state index in [4.69, 9.17) is 4.74 Å². The van der Waals surface area contributed by atoms with E-state index in [1.165, 1.54) is 27.3 Å². The molecule has 0 fully saturated rings. The second kappa shape index (κ2) is 10.0. The number of nitrogens with zero attached hydrogens (tertiary/aromatic N) is 1. The fraction of sp³-hybridized carbons (Fsp3) is 0.240. The van der Waals surface area contributed by atoms with Gasteiger partial charge in [-0.05, 0) is 28.0 Å². The summed E-state index contributed by atoms with van der Waals surface area (Å²) >= 11 is 0. The lowest BCUT2D eigenvalue weighted by Crippen LogP contribution is -2.25. The van der Waals surface area contributed by atoms with E-state index in [1.54, 1.807) is 0 Å². The highest BCUT2D eigenvalue weighted by Gasteiger charge is 2.19. The molecule has 0 aromatic heterocycles. The Morgan fingerprint density at radius 2 is 1.55 bits per heavy atom. The van der Waals surface area contributed by atoms with Crippen molar-refractivity contribution in [2.24, 2.45) is 4.99 Å². The lowest BCUT2D eigenvalue weighted by Gasteiger charge is -2.21. The molecular formula is C25H30NOPSi. The highest BCUT2D eigenvalue weighted by molar-refractivity contribution is 7.56. The van der Waals surface area contributed by atoms with E-state index >= 15 is 0 Å². The molecular weight excluding hydrogens is 389 g/mol. The zero-order valence-electron chi connectivity index (χ0n) is 17.8. The van der Waals surface area contributed by atoms with E-state index in [2.05, 4.69) is 91.4 Å². The summed E-state index contributed by atoms with van der Waals surface area (Å²) in [6.45, 7) is 7.83. The van der Waals surface area contributed by atoms with Crippen molar-refractivity contribution in [1.29, 1.82) is 0 Å². The molecule has 3 aromatic carbocycles. The molecule has 29 heavy (non-hydrogen) atoms. The Balaban J connectivity index is 1.96. The first-order chi connectivity index (χ1) is 14.0. The molecule has 0 N–H and O–H groups in total. The Hall–Kier alpha value is -2.22. The second-order valence-corrected chi connectivity index (χ2v) is 15.2. The van der Waals surface area contributed by atoms with Gasteiger partial charge in [0.25, 0.3) is 0 Å². The standard InChI is InChI=1S/C25H30NOPSi/c1-26-17-21-13-8-9-15-23(21)28-24-16-10-14-22(19-29(2,3)4)25(24)27-18-20-11-6-5-7-12-20/h5-17,28H,18-19H2,1-4H3/b26-17+. The van der Waals surface area contributed by atoms with E-state index < -0.39 is 8.07 Å². The van der Waals surface area contributed by atoms with Crippen LogP contribution in [0.4, 0.5) is 0 Å². The summed E-state index contributed by atoms with van der Waals surface area (Å²) in [6, 6.07) is 26.7. The van der Waals surface area contributed by atoms with E-state index in [9.17, 15) is 0 Å². The van der Waals surface area contributed by atoms with Crippen LogP contribution in [0, 0.1) is 0 Å². The average molecular weight is 420 g/mol. The lowest BCUT2D eigenvalue weighted by atomic mass is 10.2. The van der Waals surface area contributed by atoms with Crippen LogP contribution in [0.5, 0.6) is 5.75 Å². The highest BCUT2D eigenvalue weighted by Crippen LogP contribution is 2.28. The summed E-state index contributed by atoms with van der Waals surface area (Å²) in [6.07, 6.45) is 1.94. The summed E-state index contributed by atoms with van der Waals surface area (Å²) in [5.41, 5.74) is 3.72. The predicted octanol–water partition coefficient (Wildman–Crippen LogP) is 5.36. The largest absolute Gasteiger partial charge is 0.488 e. The van der Waals surface area contributed by atoms with Crippen LogP contribution < -0.4 is 15.3 Å². The molecule has 0 radical (unpaired) electrons. The number of benzene rings is 3. The van der Waals surface area contributed by atoms with Gasteiger partial charge in [-0.1, -0.05) is 101 Å². The molecule has 1 atom stereocenters. The summed E-state index contributed by atoms with van der Waals surface area (Å²) in [7, 11) is 1.08. The Kier molecular flexibility index (Phi) is 7.41. The maximum absolute atomic E-state index is 6.47. The summed E-state index contributed by atoms with van der Waals surface area (Å²) < 4.78 is 6.47. The number of hydrogen-bond acceptors (Lipinski definition) is 2. The van der Waals surface area contributed by atoms with Gasteiger partial charge in [0, 0.05) is 26.6 Å². The number of hydrogen-bond donors (Lipinski definition) is 0. The first kappa shape index (κ1) is 21.5. The third-order valence-electron chi connectivity index (χ3n) is 4.54. The molecule has 1 unspecified atom stereocenters. The molecule has 0 aliphatic heterocycles. The molecule has 0 spiro atoms. The van der Waals surface area contributed by atoms with Crippen LogP contribution in [-0.4, -0.2) is 21.3 Å². The van der Waals surface area contributed by atoms with Gasteiger partial charge in [-0.3, -0.25) is 4.99 Å². The molecule has 0 saturated heterocycles. The first-order valence-corrected chi connectivity index (χ1v) is 14.7. The van der Waals surface area contributed by atoms with Gasteiger partial charge < -0.3 is 4.74 Å². The van der Waals surface area contributed by atoms with Crippen molar-refractivity contribution < 1.29 is 4.74 Å². The van der Waals surface area contributed by atoms with Crippen molar-refractivity contribution in [3.8, 4) is 5.75 Å². The van der Waals surface area contributed by atoms with Gasteiger partial charge >= 0.3 is 0 Å². The number of aliphatic imine (C=N–C) groups is 1. The fourth-order valence-corrected chi connectivity index (χ4v) is 6.01. The quantitative estimate of drug-likeness (QED) is 0.273. The van der Waals surface area contributed by atoms with Crippen molar-refractivity contribution in [3.63, 3.8) is 0 Å². The van der Waals surface area contributed by atoms with E-state index in [-0.39, 0.29) is 0 Å². The van der Waals surface area contributed by atoms with Gasteiger partial charge in [-0.15, -0.1) is 0 Å². The molecule has 2 nitrogen and oxygen atoms in total. The number of para-hydroxylation sites is 1. The van der Waals surface area contributed by atoms with Crippen LogP contribution in [0.2, 0.25) is 19.6 Å². The third kappa shape index (κ3) is 6.38. The van der Waals surface area contributed by atoms with Gasteiger partial charge in [0.2, 0.25) is 0 Å². The Morgan fingerprint density at radius 3 is 2.28 bits per heavy atom. The lowest BCUT2D eigenvalue weighted by molar-refractivity contribution is 0.306. The first-order valence-electron chi connectivity index (χ1n) is 10.0. The Morgan fingerprint density at radius 1 is 0.862 bits per heavy atom. The zero-order valence-corrected chi connectivity index (χ0v) is 19.8. The van der Waals surface area contributed by atoms with Crippen LogP contribution in [-0.2, 0) is 12.7 Å². The maximum Gasteiger partial charge on any atom is 0.130 e. The molecule has 150 valence electrons. The Labute approximate surface area is 177 Å². The monoisotopic (exact) mass is 419 g/mol. The number of ether oxygens (including phenoxy) is 1. The molecule has 3 aromatic rings. The molecule has 4 heteroatoms. The van der Waals surface area contributed by atoms with Crippen molar-refractivity contribution in [1.82, 2.24) is 0 Å². The van der Waals surface area contributed by atoms with Gasteiger partial charge in [0.15, 0.2) is 0 Å². The molecule has 0 aliphatic carbocycles. The second-order valence-electron chi connectivity index (χ2n) is 8.41. The minimum absolute atomic E-state index is 0.534. The van der Waals surface area contributed by atoms with Gasteiger partial charge in [-0.2, -0.15) is 0 Å². The smallest absolute Gasteiger partial charge is 0.130 e. The zero-order chi connectivity index (χ0) is 20.7. The average Bonchev–Trinajstić information content (AvgIpc) is 2.69. The highest BCUT2D eigenvalue weighted by atomic mass is 31.1. The summed E-state index contributed by atoms with van der Waals surface area (Å²) in [5, 5.41) is 2.57. The van der Waals surface area contributed by atoms with Gasteiger partial charge in [0.1, 0.15) is 12.4 Å². The minimum atomic E-state index is -1.27. The topological polar surface area (TPSA) is 21.6 Å². The van der Waals surface area contributed by atoms with E-state index in [0.29, 0.717) is 15.2 Å². The predicted molar refractivity (Wildman–Crippen MR) is 132 cm³/mol. The van der Waals surface area contributed by atoms with Crippen LogP contribution in [0.3, 0.4) is 0 Å². The van der Waals surface area contributed by atoms with Crippen molar-refractivity contribution in [2.75, 3.05) is 7.05 Å². The fourth-order valence-electron chi connectivity index (χ4n) is 3.30. The summed E-state index contributed by atoms with van der Waals surface area (Å²) in [5.74, 6) is 1.07. The van der Waals surface area contributed by atoms with E-state index in [0.717, 1.165) is 11.8 Å². The molecule has 0 amide bonds. The SMILES string of the molecule is C/N=C/c1ccccc1Pc1cccc(C[Si](C)(C)C)c1OCc1ccccc1. The van der Waals surface area contributed by atoms with Crippen molar-refractivity contribution >= 4 is 33.5 Å². The van der Waals surface area contributed by atoms with Gasteiger partial charge in [-0.25, -0.2) is 0 Å². The molecule has 0 aliphatic rings. The maximum atomic E-state index is 6.47. The van der Waals surface area contributed by atoms with E-state index in [1.807, 2.05) is 19.3 Å². The molecule has 0 bridgehead atoms. The third-order valence-corrected chi connectivity index (χ3v) is 7.37. The van der Waals surface area contributed by atoms with Gasteiger partial charge in [0.05, 0.1) is 0 Å². The molecule has 3 rings (SSSR count). The summed E-state index contributed by atoms with van der Waals surface area (Å²) in [4.78, 5) is 4.23. The van der Waals surface area contributed by atoms with Crippen LogP contribution in [0.1, 0.15) is 16.7 Å². The Bertz CT molecular complexity index is 964. The normalized spacial score (nSPS) is 12.1.